The number of aliphatic carboxylic acids is 1. The number of anilines is 2. The number of thioether (sulfide) groups is 1. The van der Waals surface area contributed by atoms with Crippen LogP contribution >= 0.6 is 11.8 Å². The minimum atomic E-state index is -0.815. The molecule has 2 heterocycles. The minimum Gasteiger partial charge on any atom is -0.481 e. The Morgan fingerprint density at radius 2 is 1.66 bits per heavy atom. The molecule has 1 aliphatic heterocycles. The van der Waals surface area contributed by atoms with Gasteiger partial charge in [-0.15, -0.1) is 0 Å². The van der Waals surface area contributed by atoms with Crippen LogP contribution in [0.3, 0.4) is 0 Å². The molecular formula is C46H56N4O5S. The number of nitrogens with zero attached hydrogens (tertiary/aromatic N) is 2. The number of carbonyl (C=O) groups excluding carboxylic acids is 2. The molecule has 3 N–H and O–H groups in total. The van der Waals surface area contributed by atoms with E-state index in [1.807, 2.05) is 56.3 Å². The van der Waals surface area contributed by atoms with E-state index in [9.17, 15) is 14.4 Å². The molecule has 2 aliphatic rings. The van der Waals surface area contributed by atoms with E-state index in [-0.39, 0.29) is 29.0 Å². The summed E-state index contributed by atoms with van der Waals surface area (Å²) in [6.45, 7) is 10.7. The molecule has 9 nitrogen and oxygen atoms in total. The maximum Gasteiger partial charge on any atom is 0.303 e. The summed E-state index contributed by atoms with van der Waals surface area (Å²) in [5.41, 5.74) is 7.21. The zero-order chi connectivity index (χ0) is 39.7. The van der Waals surface area contributed by atoms with Gasteiger partial charge in [0.15, 0.2) is 0 Å². The van der Waals surface area contributed by atoms with Crippen molar-refractivity contribution in [3.05, 3.63) is 113 Å². The van der Waals surface area contributed by atoms with Crippen LogP contribution < -0.4 is 15.5 Å². The smallest absolute Gasteiger partial charge is 0.303 e. The van der Waals surface area contributed by atoms with Crippen molar-refractivity contribution in [3.63, 3.8) is 0 Å². The molecule has 1 aliphatic carbocycles. The van der Waals surface area contributed by atoms with E-state index in [0.29, 0.717) is 35.5 Å². The highest BCUT2D eigenvalue weighted by Gasteiger charge is 2.25. The monoisotopic (exact) mass is 776 g/mol. The fourth-order valence-electron chi connectivity index (χ4n) is 7.47. The molecule has 56 heavy (non-hydrogen) atoms. The number of nitrogens with one attached hydrogen (secondary N) is 2. The first-order chi connectivity index (χ1) is 26.9. The van der Waals surface area contributed by atoms with E-state index >= 15 is 0 Å². The minimum absolute atomic E-state index is 0.0372. The second-order valence-corrected chi connectivity index (χ2v) is 18.0. The zero-order valence-corrected chi connectivity index (χ0v) is 34.1. The van der Waals surface area contributed by atoms with Crippen molar-refractivity contribution in [2.75, 3.05) is 29.9 Å². The van der Waals surface area contributed by atoms with Gasteiger partial charge in [-0.05, 0) is 124 Å². The molecule has 296 valence electrons. The topological polar surface area (TPSA) is 121 Å². The quantitative estimate of drug-likeness (QED) is 0.103. The number of rotatable bonds is 16. The lowest BCUT2D eigenvalue weighted by atomic mass is 9.87. The van der Waals surface area contributed by atoms with Gasteiger partial charge in [0, 0.05) is 65.2 Å². The van der Waals surface area contributed by atoms with E-state index < -0.39 is 11.6 Å². The van der Waals surface area contributed by atoms with Crippen LogP contribution in [0.15, 0.2) is 85.1 Å². The van der Waals surface area contributed by atoms with Crippen molar-refractivity contribution in [1.29, 1.82) is 0 Å². The molecule has 1 saturated heterocycles. The van der Waals surface area contributed by atoms with Crippen LogP contribution in [-0.4, -0.2) is 57.9 Å². The molecule has 10 heteroatoms. The Hall–Kier alpha value is -4.67. The van der Waals surface area contributed by atoms with Gasteiger partial charge in [0.25, 0.3) is 11.8 Å². The van der Waals surface area contributed by atoms with Crippen LogP contribution in [0.5, 0.6) is 0 Å². The third kappa shape index (κ3) is 11.2. The number of pyridine rings is 1. The molecule has 1 aromatic heterocycles. The number of aromatic nitrogens is 1. The first kappa shape index (κ1) is 41.0. The molecule has 0 radical (unpaired) electrons. The fourth-order valence-corrected chi connectivity index (χ4v) is 8.43. The third-order valence-electron chi connectivity index (χ3n) is 10.9. The zero-order valence-electron chi connectivity index (χ0n) is 33.2. The van der Waals surface area contributed by atoms with Crippen molar-refractivity contribution >= 4 is 40.9 Å². The van der Waals surface area contributed by atoms with E-state index in [1.165, 1.54) is 17.5 Å². The largest absolute Gasteiger partial charge is 0.481 e. The van der Waals surface area contributed by atoms with Crippen LogP contribution in [0.4, 0.5) is 11.4 Å². The maximum atomic E-state index is 13.9. The van der Waals surface area contributed by atoms with Crippen molar-refractivity contribution in [3.8, 4) is 11.3 Å². The van der Waals surface area contributed by atoms with E-state index in [2.05, 4.69) is 59.7 Å². The first-order valence-corrected chi connectivity index (χ1v) is 21.0. The van der Waals surface area contributed by atoms with Gasteiger partial charge in [-0.3, -0.25) is 19.4 Å². The van der Waals surface area contributed by atoms with Crippen molar-refractivity contribution in [2.45, 2.75) is 108 Å². The third-order valence-corrected chi connectivity index (χ3v) is 12.4. The van der Waals surface area contributed by atoms with Crippen LogP contribution in [-0.2, 0) is 21.7 Å². The summed E-state index contributed by atoms with van der Waals surface area (Å²) in [5.74, 6) is -0.454. The molecule has 0 saturated carbocycles. The lowest BCUT2D eigenvalue weighted by molar-refractivity contribution is -0.138. The average Bonchev–Trinajstić information content (AvgIpc) is 3.20. The highest BCUT2D eigenvalue weighted by Crippen LogP contribution is 2.35. The first-order valence-electron chi connectivity index (χ1n) is 20.0. The van der Waals surface area contributed by atoms with E-state index in [1.54, 1.807) is 24.0 Å². The maximum absolute atomic E-state index is 13.9. The van der Waals surface area contributed by atoms with Gasteiger partial charge in [-0.2, -0.15) is 11.8 Å². The molecule has 3 aromatic carbocycles. The van der Waals surface area contributed by atoms with Gasteiger partial charge in [0.05, 0.1) is 23.0 Å². The number of hydrogen-bond donors (Lipinski definition) is 3. The van der Waals surface area contributed by atoms with Gasteiger partial charge in [0.2, 0.25) is 0 Å². The lowest BCUT2D eigenvalue weighted by Crippen LogP contribution is -2.31. The Labute approximate surface area is 336 Å². The van der Waals surface area contributed by atoms with Gasteiger partial charge in [0.1, 0.15) is 0 Å². The predicted octanol–water partition coefficient (Wildman–Crippen LogP) is 9.86. The summed E-state index contributed by atoms with van der Waals surface area (Å²) < 4.78 is 5.97. The number of carboxylic acids is 1. The Kier molecular flexibility index (Phi) is 13.5. The van der Waals surface area contributed by atoms with Crippen LogP contribution in [0.2, 0.25) is 0 Å². The van der Waals surface area contributed by atoms with Gasteiger partial charge in [-0.25, -0.2) is 0 Å². The lowest BCUT2D eigenvalue weighted by Gasteiger charge is -2.29. The second kappa shape index (κ2) is 18.5. The van der Waals surface area contributed by atoms with Crippen LogP contribution in [0.1, 0.15) is 123 Å². The normalized spacial score (nSPS) is 15.9. The Morgan fingerprint density at radius 1 is 0.875 bits per heavy atom. The molecule has 0 bridgehead atoms. The van der Waals surface area contributed by atoms with Crippen molar-refractivity contribution in [2.24, 2.45) is 0 Å². The molecule has 0 spiro atoms. The SMILES string of the molecule is CC(C)(CCC(=O)O)OCCC(C)(C)SCc1cccc(C(=O)Nc2ccc(N3CCCCC3)cc2-c2cc(C(=O)NC3CCCc4ccccc43)ccn2)c1. The predicted molar refractivity (Wildman–Crippen MR) is 227 cm³/mol. The second-order valence-electron chi connectivity index (χ2n) is 16.3. The van der Waals surface area contributed by atoms with Gasteiger partial charge >= 0.3 is 5.97 Å². The van der Waals surface area contributed by atoms with E-state index in [4.69, 9.17) is 14.8 Å². The summed E-state index contributed by atoms with van der Waals surface area (Å²) in [7, 11) is 0. The highest BCUT2D eigenvalue weighted by atomic mass is 32.2. The average molecular weight is 777 g/mol. The summed E-state index contributed by atoms with van der Waals surface area (Å²) in [6.07, 6.45) is 9.48. The number of aryl methyl sites for hydroxylation is 1. The number of benzene rings is 3. The summed E-state index contributed by atoms with van der Waals surface area (Å²) in [6, 6.07) is 25.7. The van der Waals surface area contributed by atoms with Crippen LogP contribution in [0.25, 0.3) is 11.3 Å². The Balaban J connectivity index is 1.16. The highest BCUT2D eigenvalue weighted by molar-refractivity contribution is 7.99. The summed E-state index contributed by atoms with van der Waals surface area (Å²) >= 11 is 1.80. The van der Waals surface area contributed by atoms with Crippen LogP contribution in [0, 0.1) is 0 Å². The fraction of sp³-hybridized carbons (Fsp3) is 0.435. The number of piperidine rings is 1. The number of carbonyl (C=O) groups is 3. The number of carboxylic acid groups (broad SMARTS) is 1. The number of amides is 2. The molecule has 1 fully saturated rings. The molecule has 4 aromatic rings. The molecule has 6 rings (SSSR count). The Bertz CT molecular complexity index is 2010. The molecule has 1 atom stereocenters. The van der Waals surface area contributed by atoms with E-state index in [0.717, 1.165) is 74.2 Å². The molecular weight excluding hydrogens is 721 g/mol. The standard InChI is InChI=1S/C46H56N4O5S/c1-45(2,22-20-42(51)52)55-27-23-46(3,4)56-31-32-12-10-15-34(28-32)43(53)49-40-19-18-36(50-25-8-5-9-26-50)30-38(40)41-29-35(21-24-47-41)44(54)48-39-17-11-14-33-13-6-7-16-37(33)39/h6-7,10,12-13,15-16,18-19,21,24,28-30,39H,5,8-9,11,14,17,20,22-23,25-27,31H2,1-4H3,(H,48,54)(H,49,53)(H,51,52). The number of hydrogen-bond acceptors (Lipinski definition) is 7. The molecule has 2 amide bonds. The number of ether oxygens (including phenoxy) is 1. The summed E-state index contributed by atoms with van der Waals surface area (Å²) in [5, 5.41) is 15.5. The summed E-state index contributed by atoms with van der Waals surface area (Å²) in [4.78, 5) is 45.7. The van der Waals surface area contributed by atoms with Crippen molar-refractivity contribution in [1.82, 2.24) is 10.3 Å². The van der Waals surface area contributed by atoms with Gasteiger partial charge < -0.3 is 25.4 Å². The Morgan fingerprint density at radius 3 is 2.46 bits per heavy atom. The van der Waals surface area contributed by atoms with Crippen molar-refractivity contribution < 1.29 is 24.2 Å². The van der Waals surface area contributed by atoms with Gasteiger partial charge in [-0.1, -0.05) is 50.2 Å². The molecule has 1 unspecified atom stereocenters. The number of fused-ring (bicyclic) bond motifs is 1.